The highest BCUT2D eigenvalue weighted by atomic mass is 16.2. The molecule has 1 N–H and O–H groups in total. The first-order valence-corrected chi connectivity index (χ1v) is 11.9. The second-order valence-electron chi connectivity index (χ2n) is 9.67. The van der Waals surface area contributed by atoms with E-state index in [4.69, 9.17) is 9.97 Å². The molecule has 7 nitrogen and oxygen atoms in total. The molecule has 2 fully saturated rings. The van der Waals surface area contributed by atoms with Crippen molar-refractivity contribution in [2.45, 2.75) is 37.6 Å². The summed E-state index contributed by atoms with van der Waals surface area (Å²) in [5, 5.41) is 2.93. The Morgan fingerprint density at radius 2 is 1.79 bits per heavy atom. The number of fused-ring (bicyclic) bond motifs is 2. The van der Waals surface area contributed by atoms with Crippen molar-refractivity contribution in [3.8, 4) is 11.1 Å². The lowest BCUT2D eigenvalue weighted by atomic mass is 9.97. The molecule has 3 aromatic rings. The maximum atomic E-state index is 13.3. The molecule has 1 spiro atoms. The molecule has 0 unspecified atom stereocenters. The van der Waals surface area contributed by atoms with Crippen molar-refractivity contribution in [1.29, 1.82) is 0 Å². The fourth-order valence-electron chi connectivity index (χ4n) is 5.34. The standard InChI is InChI=1S/C27H27N5O2/c1-18(33)30-22-9-12-31(16-22)25(34)20-7-8-23-24(13-20)32(17-27(23)10-11-27)26-28-14-21(15-29-26)19-5-3-2-4-6-19/h2-8,13-15,22H,9-12,16-17H2,1H3,(H,30,33)/t22-/m1/s1. The van der Waals surface area contributed by atoms with Gasteiger partial charge in [0.25, 0.3) is 5.91 Å². The van der Waals surface area contributed by atoms with Gasteiger partial charge in [-0.2, -0.15) is 0 Å². The van der Waals surface area contributed by atoms with Crippen molar-refractivity contribution in [2.24, 2.45) is 0 Å². The summed E-state index contributed by atoms with van der Waals surface area (Å²) in [5.41, 5.74) is 5.22. The van der Waals surface area contributed by atoms with Gasteiger partial charge in [0.05, 0.1) is 0 Å². The number of carbonyl (C=O) groups excluding carboxylic acids is 2. The highest BCUT2D eigenvalue weighted by Crippen LogP contribution is 2.57. The molecule has 172 valence electrons. The second kappa shape index (κ2) is 7.94. The van der Waals surface area contributed by atoms with Crippen molar-refractivity contribution in [3.63, 3.8) is 0 Å². The first-order chi connectivity index (χ1) is 16.5. The summed E-state index contributed by atoms with van der Waals surface area (Å²) in [6, 6.07) is 16.2. The Kier molecular flexibility index (Phi) is 4.86. The summed E-state index contributed by atoms with van der Waals surface area (Å²) in [5.74, 6) is 0.620. The van der Waals surface area contributed by atoms with Crippen LogP contribution in [0.3, 0.4) is 0 Å². The van der Waals surface area contributed by atoms with Crippen molar-refractivity contribution in [3.05, 3.63) is 72.1 Å². The van der Waals surface area contributed by atoms with E-state index in [1.165, 1.54) is 12.5 Å². The first kappa shape index (κ1) is 20.8. The van der Waals surface area contributed by atoms with Crippen LogP contribution in [0, 0.1) is 0 Å². The number of nitrogens with one attached hydrogen (secondary N) is 1. The minimum atomic E-state index is -0.0551. The third kappa shape index (κ3) is 3.61. The molecule has 34 heavy (non-hydrogen) atoms. The molecule has 1 aromatic heterocycles. The van der Waals surface area contributed by atoms with E-state index in [9.17, 15) is 9.59 Å². The SMILES string of the molecule is CC(=O)N[C@@H]1CCN(C(=O)c2ccc3c(c2)N(c2ncc(-c4ccccc4)cn2)CC32CC2)C1. The number of anilines is 2. The van der Waals surface area contributed by atoms with Crippen molar-refractivity contribution < 1.29 is 9.59 Å². The van der Waals surface area contributed by atoms with Gasteiger partial charge in [-0.05, 0) is 42.5 Å². The van der Waals surface area contributed by atoms with E-state index < -0.39 is 0 Å². The molecule has 0 radical (unpaired) electrons. The molecule has 3 aliphatic rings. The molecule has 1 aliphatic carbocycles. The predicted octanol–water partition coefficient (Wildman–Crippen LogP) is 3.68. The molecule has 1 saturated carbocycles. The lowest BCUT2D eigenvalue weighted by Gasteiger charge is -2.20. The molecule has 2 aliphatic heterocycles. The molecule has 3 heterocycles. The van der Waals surface area contributed by atoms with Gasteiger partial charge in [-0.1, -0.05) is 36.4 Å². The highest BCUT2D eigenvalue weighted by molar-refractivity contribution is 5.96. The van der Waals surface area contributed by atoms with Gasteiger partial charge in [0, 0.05) is 67.2 Å². The van der Waals surface area contributed by atoms with E-state index in [0.717, 1.165) is 42.6 Å². The van der Waals surface area contributed by atoms with Crippen molar-refractivity contribution in [1.82, 2.24) is 20.2 Å². The fourth-order valence-corrected chi connectivity index (χ4v) is 5.34. The molecular formula is C27H27N5O2. The van der Waals surface area contributed by atoms with E-state index in [1.54, 1.807) is 0 Å². The monoisotopic (exact) mass is 453 g/mol. The van der Waals surface area contributed by atoms with Crippen molar-refractivity contribution in [2.75, 3.05) is 24.5 Å². The van der Waals surface area contributed by atoms with Crippen LogP contribution in [-0.2, 0) is 10.2 Å². The van der Waals surface area contributed by atoms with Crippen LogP contribution in [0.15, 0.2) is 60.9 Å². The average Bonchev–Trinajstić information content (AvgIpc) is 3.38. The summed E-state index contributed by atoms with van der Waals surface area (Å²) >= 11 is 0. The van der Waals surface area contributed by atoms with Crippen LogP contribution in [-0.4, -0.2) is 52.4 Å². The number of nitrogens with zero attached hydrogens (tertiary/aromatic N) is 4. The van der Waals surface area contributed by atoms with Crippen LogP contribution >= 0.6 is 0 Å². The van der Waals surface area contributed by atoms with Gasteiger partial charge in [0.2, 0.25) is 11.9 Å². The number of benzene rings is 2. The Bertz CT molecular complexity index is 1250. The average molecular weight is 454 g/mol. The second-order valence-corrected chi connectivity index (χ2v) is 9.67. The molecule has 2 amide bonds. The maximum Gasteiger partial charge on any atom is 0.254 e. The smallest absolute Gasteiger partial charge is 0.254 e. The Morgan fingerprint density at radius 1 is 1.03 bits per heavy atom. The number of aromatic nitrogens is 2. The van der Waals surface area contributed by atoms with Crippen LogP contribution in [0.5, 0.6) is 0 Å². The van der Waals surface area contributed by atoms with E-state index in [-0.39, 0.29) is 23.3 Å². The summed E-state index contributed by atoms with van der Waals surface area (Å²) in [6.07, 6.45) is 6.83. The highest BCUT2D eigenvalue weighted by Gasteiger charge is 2.52. The fraction of sp³-hybridized carbons (Fsp3) is 0.333. The lowest BCUT2D eigenvalue weighted by Crippen LogP contribution is -2.37. The molecule has 1 atom stereocenters. The van der Waals surface area contributed by atoms with E-state index in [1.807, 2.05) is 47.6 Å². The Morgan fingerprint density at radius 3 is 2.50 bits per heavy atom. The number of hydrogen-bond acceptors (Lipinski definition) is 5. The molecule has 2 aromatic carbocycles. The molecular weight excluding hydrogens is 426 g/mol. The predicted molar refractivity (Wildman–Crippen MR) is 130 cm³/mol. The molecule has 6 rings (SSSR count). The third-order valence-electron chi connectivity index (χ3n) is 7.29. The summed E-state index contributed by atoms with van der Waals surface area (Å²) in [6.45, 7) is 3.56. The van der Waals surface area contributed by atoms with Gasteiger partial charge in [0.15, 0.2) is 0 Å². The lowest BCUT2D eigenvalue weighted by molar-refractivity contribution is -0.119. The minimum Gasteiger partial charge on any atom is -0.352 e. The van der Waals surface area contributed by atoms with E-state index >= 15 is 0 Å². The van der Waals surface area contributed by atoms with Gasteiger partial charge in [0.1, 0.15) is 0 Å². The largest absolute Gasteiger partial charge is 0.352 e. The maximum absolute atomic E-state index is 13.3. The zero-order chi connectivity index (χ0) is 23.3. The minimum absolute atomic E-state index is 0.00712. The zero-order valence-corrected chi connectivity index (χ0v) is 19.2. The van der Waals surface area contributed by atoms with Crippen molar-refractivity contribution >= 4 is 23.5 Å². The third-order valence-corrected chi connectivity index (χ3v) is 7.29. The Balaban J connectivity index is 1.27. The van der Waals surface area contributed by atoms with Gasteiger partial charge in [-0.15, -0.1) is 0 Å². The zero-order valence-electron chi connectivity index (χ0n) is 19.2. The molecule has 7 heteroatoms. The molecule has 0 bridgehead atoms. The number of amides is 2. The van der Waals surface area contributed by atoms with E-state index in [0.29, 0.717) is 24.6 Å². The van der Waals surface area contributed by atoms with Crippen LogP contribution in [0.2, 0.25) is 0 Å². The van der Waals surface area contributed by atoms with Gasteiger partial charge >= 0.3 is 0 Å². The van der Waals surface area contributed by atoms with Gasteiger partial charge in [-0.25, -0.2) is 9.97 Å². The summed E-state index contributed by atoms with van der Waals surface area (Å²) in [4.78, 5) is 38.0. The van der Waals surface area contributed by atoms with Crippen LogP contribution in [0.1, 0.15) is 42.1 Å². The van der Waals surface area contributed by atoms with E-state index in [2.05, 4.69) is 28.4 Å². The summed E-state index contributed by atoms with van der Waals surface area (Å²) < 4.78 is 0. The normalized spacial score (nSPS) is 19.9. The Hall–Kier alpha value is -3.74. The summed E-state index contributed by atoms with van der Waals surface area (Å²) in [7, 11) is 0. The first-order valence-electron chi connectivity index (χ1n) is 11.9. The van der Waals surface area contributed by atoms with Crippen LogP contribution in [0.25, 0.3) is 11.1 Å². The van der Waals surface area contributed by atoms with Gasteiger partial charge in [-0.3, -0.25) is 9.59 Å². The van der Waals surface area contributed by atoms with Gasteiger partial charge < -0.3 is 15.1 Å². The Labute approximate surface area is 198 Å². The van der Waals surface area contributed by atoms with Crippen LogP contribution in [0.4, 0.5) is 11.6 Å². The number of likely N-dealkylation sites (tertiary alicyclic amines) is 1. The quantitative estimate of drug-likeness (QED) is 0.652. The van der Waals surface area contributed by atoms with Crippen LogP contribution < -0.4 is 10.2 Å². The number of hydrogen-bond donors (Lipinski definition) is 1. The number of rotatable bonds is 4. The number of carbonyl (C=O) groups is 2. The molecule has 1 saturated heterocycles. The topological polar surface area (TPSA) is 78.4 Å².